The van der Waals surface area contributed by atoms with Crippen molar-refractivity contribution in [1.82, 2.24) is 10.6 Å². The van der Waals surface area contributed by atoms with Gasteiger partial charge in [0, 0.05) is 6.42 Å². The standard InChI is InChI=1S/C16H22N2O3/c1-5-21-14-6-10(4)11(7-12(14)9(2)3)8-13-15(19)18-16(20)17-13/h6-7,9,13H,5,8H2,1-4H3,(H2,17,18,19,20). The van der Waals surface area contributed by atoms with E-state index in [-0.39, 0.29) is 5.91 Å². The van der Waals surface area contributed by atoms with Gasteiger partial charge in [-0.15, -0.1) is 0 Å². The number of hydrogen-bond acceptors (Lipinski definition) is 3. The monoisotopic (exact) mass is 290 g/mol. The van der Waals surface area contributed by atoms with Gasteiger partial charge in [0.25, 0.3) is 5.91 Å². The maximum absolute atomic E-state index is 11.7. The number of aryl methyl sites for hydroxylation is 1. The van der Waals surface area contributed by atoms with Crippen molar-refractivity contribution in [2.45, 2.75) is 46.1 Å². The van der Waals surface area contributed by atoms with Crippen LogP contribution < -0.4 is 15.4 Å². The molecule has 5 nitrogen and oxygen atoms in total. The Hall–Kier alpha value is -2.04. The average Bonchev–Trinajstić information content (AvgIpc) is 2.71. The molecule has 0 aliphatic carbocycles. The lowest BCUT2D eigenvalue weighted by Gasteiger charge is -2.18. The van der Waals surface area contributed by atoms with Crippen molar-refractivity contribution in [3.8, 4) is 5.75 Å². The number of nitrogens with one attached hydrogen (secondary N) is 2. The van der Waals surface area contributed by atoms with E-state index in [9.17, 15) is 9.59 Å². The van der Waals surface area contributed by atoms with E-state index < -0.39 is 12.1 Å². The van der Waals surface area contributed by atoms with E-state index in [1.807, 2.05) is 19.9 Å². The van der Waals surface area contributed by atoms with E-state index >= 15 is 0 Å². The fraction of sp³-hybridized carbons (Fsp3) is 0.500. The number of carbonyl (C=O) groups excluding carboxylic acids is 2. The summed E-state index contributed by atoms with van der Waals surface area (Å²) >= 11 is 0. The van der Waals surface area contributed by atoms with Crippen molar-refractivity contribution < 1.29 is 14.3 Å². The second-order valence-corrected chi connectivity index (χ2v) is 5.62. The second kappa shape index (κ2) is 6.16. The molecule has 2 N–H and O–H groups in total. The van der Waals surface area contributed by atoms with Crippen molar-refractivity contribution in [3.05, 3.63) is 28.8 Å². The minimum absolute atomic E-state index is 0.264. The van der Waals surface area contributed by atoms with Crippen LogP contribution in [0.4, 0.5) is 4.79 Å². The SMILES string of the molecule is CCOc1cc(C)c(CC2NC(=O)NC2=O)cc1C(C)C. The van der Waals surface area contributed by atoms with Gasteiger partial charge in [0.1, 0.15) is 11.8 Å². The van der Waals surface area contributed by atoms with Crippen LogP contribution in [0.5, 0.6) is 5.75 Å². The molecule has 1 aliphatic rings. The van der Waals surface area contributed by atoms with Gasteiger partial charge in [-0.25, -0.2) is 4.79 Å². The highest BCUT2D eigenvalue weighted by Gasteiger charge is 2.30. The summed E-state index contributed by atoms with van der Waals surface area (Å²) in [5, 5.41) is 4.90. The third-order valence-electron chi connectivity index (χ3n) is 3.67. The Morgan fingerprint density at radius 2 is 2.00 bits per heavy atom. The molecular formula is C16H22N2O3. The van der Waals surface area contributed by atoms with Crippen LogP contribution in [0.3, 0.4) is 0 Å². The Morgan fingerprint density at radius 1 is 1.29 bits per heavy atom. The summed E-state index contributed by atoms with van der Waals surface area (Å²) in [5.41, 5.74) is 3.25. The summed E-state index contributed by atoms with van der Waals surface area (Å²) in [6.45, 7) is 8.81. The van der Waals surface area contributed by atoms with Gasteiger partial charge < -0.3 is 10.1 Å². The third kappa shape index (κ3) is 3.35. The molecule has 1 fully saturated rings. The first kappa shape index (κ1) is 15.4. The second-order valence-electron chi connectivity index (χ2n) is 5.62. The molecule has 1 saturated heterocycles. The summed E-state index contributed by atoms with van der Waals surface area (Å²) in [7, 11) is 0. The zero-order valence-electron chi connectivity index (χ0n) is 12.9. The topological polar surface area (TPSA) is 67.4 Å². The van der Waals surface area contributed by atoms with Crippen molar-refractivity contribution in [3.63, 3.8) is 0 Å². The summed E-state index contributed by atoms with van der Waals surface area (Å²) in [6, 6.07) is 3.19. The van der Waals surface area contributed by atoms with Crippen LogP contribution in [-0.2, 0) is 11.2 Å². The highest BCUT2D eigenvalue weighted by Crippen LogP contribution is 2.30. The predicted octanol–water partition coefficient (Wildman–Crippen LogP) is 2.27. The van der Waals surface area contributed by atoms with Gasteiger partial charge in [-0.05, 0) is 42.5 Å². The predicted molar refractivity (Wildman–Crippen MR) is 80.6 cm³/mol. The largest absolute Gasteiger partial charge is 0.494 e. The first-order valence-electron chi connectivity index (χ1n) is 7.30. The van der Waals surface area contributed by atoms with Crippen molar-refractivity contribution in [2.24, 2.45) is 0 Å². The van der Waals surface area contributed by atoms with Gasteiger partial charge in [0.2, 0.25) is 0 Å². The Bertz CT molecular complexity index is 567. The molecule has 1 aliphatic heterocycles. The van der Waals surface area contributed by atoms with E-state index in [4.69, 9.17) is 4.74 Å². The zero-order valence-corrected chi connectivity index (χ0v) is 12.9. The first-order chi connectivity index (χ1) is 9.92. The van der Waals surface area contributed by atoms with Crippen LogP contribution in [0, 0.1) is 6.92 Å². The molecule has 0 spiro atoms. The first-order valence-corrected chi connectivity index (χ1v) is 7.30. The highest BCUT2D eigenvalue weighted by molar-refractivity contribution is 6.04. The molecule has 1 aromatic rings. The van der Waals surface area contributed by atoms with Gasteiger partial charge in [-0.2, -0.15) is 0 Å². The highest BCUT2D eigenvalue weighted by atomic mass is 16.5. The van der Waals surface area contributed by atoms with Crippen LogP contribution in [0.1, 0.15) is 43.4 Å². The number of urea groups is 1. The molecule has 3 amide bonds. The fourth-order valence-corrected chi connectivity index (χ4v) is 2.52. The Balaban J connectivity index is 2.29. The molecular weight excluding hydrogens is 268 g/mol. The van der Waals surface area contributed by atoms with Gasteiger partial charge in [-0.3, -0.25) is 10.1 Å². The Kier molecular flexibility index (Phi) is 4.50. The molecule has 0 aromatic heterocycles. The molecule has 5 heteroatoms. The van der Waals surface area contributed by atoms with Gasteiger partial charge in [-0.1, -0.05) is 19.9 Å². The summed E-state index contributed by atoms with van der Waals surface area (Å²) in [5.74, 6) is 0.964. The summed E-state index contributed by atoms with van der Waals surface area (Å²) < 4.78 is 5.69. The van der Waals surface area contributed by atoms with Crippen LogP contribution in [-0.4, -0.2) is 24.6 Å². The van der Waals surface area contributed by atoms with Crippen molar-refractivity contribution in [1.29, 1.82) is 0 Å². The number of hydrogen-bond donors (Lipinski definition) is 2. The number of amides is 3. The van der Waals surface area contributed by atoms with E-state index in [0.717, 1.165) is 22.4 Å². The van der Waals surface area contributed by atoms with Crippen molar-refractivity contribution in [2.75, 3.05) is 6.61 Å². The number of carbonyl (C=O) groups is 2. The lowest BCUT2D eigenvalue weighted by atomic mass is 9.93. The smallest absolute Gasteiger partial charge is 0.322 e. The Morgan fingerprint density at radius 3 is 2.52 bits per heavy atom. The molecule has 0 bridgehead atoms. The number of rotatable bonds is 5. The number of ether oxygens (including phenoxy) is 1. The van der Waals surface area contributed by atoms with Crippen LogP contribution in [0.2, 0.25) is 0 Å². The quantitative estimate of drug-likeness (QED) is 0.817. The van der Waals surface area contributed by atoms with Crippen LogP contribution in [0.15, 0.2) is 12.1 Å². The van der Waals surface area contributed by atoms with E-state index in [1.165, 1.54) is 0 Å². The Labute approximate surface area is 125 Å². The summed E-state index contributed by atoms with van der Waals surface area (Å²) in [6.07, 6.45) is 0.496. The van der Waals surface area contributed by atoms with Gasteiger partial charge in [0.15, 0.2) is 0 Å². The zero-order chi connectivity index (χ0) is 15.6. The molecule has 114 valence electrons. The third-order valence-corrected chi connectivity index (χ3v) is 3.67. The van der Waals surface area contributed by atoms with E-state index in [0.29, 0.717) is 18.9 Å². The number of benzene rings is 1. The van der Waals surface area contributed by atoms with Gasteiger partial charge in [0.05, 0.1) is 6.61 Å². The fourth-order valence-electron chi connectivity index (χ4n) is 2.52. The molecule has 21 heavy (non-hydrogen) atoms. The maximum Gasteiger partial charge on any atom is 0.322 e. The molecule has 1 aromatic carbocycles. The minimum Gasteiger partial charge on any atom is -0.494 e. The van der Waals surface area contributed by atoms with Crippen LogP contribution in [0.25, 0.3) is 0 Å². The molecule has 0 radical (unpaired) electrons. The van der Waals surface area contributed by atoms with E-state index in [2.05, 4.69) is 30.5 Å². The lowest BCUT2D eigenvalue weighted by Crippen LogP contribution is -2.31. The van der Waals surface area contributed by atoms with Gasteiger partial charge >= 0.3 is 6.03 Å². The molecule has 0 saturated carbocycles. The average molecular weight is 290 g/mol. The lowest BCUT2D eigenvalue weighted by molar-refractivity contribution is -0.120. The van der Waals surface area contributed by atoms with Crippen molar-refractivity contribution >= 4 is 11.9 Å². The number of imide groups is 1. The summed E-state index contributed by atoms with van der Waals surface area (Å²) in [4.78, 5) is 22.9. The van der Waals surface area contributed by atoms with E-state index in [1.54, 1.807) is 0 Å². The van der Waals surface area contributed by atoms with Crippen LogP contribution >= 0.6 is 0 Å². The molecule has 1 heterocycles. The normalized spacial score (nSPS) is 17.9. The molecule has 1 unspecified atom stereocenters. The maximum atomic E-state index is 11.7. The molecule has 1 atom stereocenters. The minimum atomic E-state index is -0.492. The molecule has 2 rings (SSSR count).